The third-order valence-electron chi connectivity index (χ3n) is 2.54. The van der Waals surface area contributed by atoms with Crippen molar-refractivity contribution < 1.29 is 32.2 Å². The fourth-order valence-corrected chi connectivity index (χ4v) is 3.35. The van der Waals surface area contributed by atoms with Crippen molar-refractivity contribution in [2.45, 2.75) is 5.54 Å². The van der Waals surface area contributed by atoms with Gasteiger partial charge in [-0.15, -0.1) is 0 Å². The van der Waals surface area contributed by atoms with E-state index < -0.39 is 51.2 Å². The Morgan fingerprint density at radius 1 is 1.30 bits per heavy atom. The van der Waals surface area contributed by atoms with E-state index in [0.29, 0.717) is 4.90 Å². The molecular formula is C9H10N2O7S2-2. The molecule has 0 aromatic carbocycles. The summed E-state index contributed by atoms with van der Waals surface area (Å²) in [6.07, 6.45) is 2.87. The second-order valence-corrected chi connectivity index (χ2v) is 5.72. The van der Waals surface area contributed by atoms with E-state index in [0.717, 1.165) is 18.4 Å². The van der Waals surface area contributed by atoms with E-state index in [9.17, 15) is 27.1 Å². The summed E-state index contributed by atoms with van der Waals surface area (Å²) in [5.41, 5.74) is 2.98. The summed E-state index contributed by atoms with van der Waals surface area (Å²) in [6, 6.07) is -1.16. The van der Waals surface area contributed by atoms with Crippen LogP contribution in [0.1, 0.15) is 0 Å². The van der Waals surface area contributed by atoms with Crippen LogP contribution >= 0.6 is 0 Å². The van der Waals surface area contributed by atoms with Gasteiger partial charge in [0.05, 0.1) is 11.1 Å². The average Bonchev–Trinajstić information content (AvgIpc) is 2.26. The van der Waals surface area contributed by atoms with E-state index in [-0.39, 0.29) is 5.57 Å². The molecule has 2 amide bonds. The molecule has 1 aliphatic rings. The van der Waals surface area contributed by atoms with Gasteiger partial charge in [0.15, 0.2) is 0 Å². The maximum atomic E-state index is 11.4. The van der Waals surface area contributed by atoms with Crippen LogP contribution in [-0.2, 0) is 27.0 Å². The van der Waals surface area contributed by atoms with E-state index >= 15 is 0 Å². The first-order chi connectivity index (χ1) is 9.18. The third-order valence-corrected chi connectivity index (χ3v) is 4.01. The smallest absolute Gasteiger partial charge is 0.337 e. The van der Waals surface area contributed by atoms with Crippen molar-refractivity contribution in [1.82, 2.24) is 4.90 Å². The number of hydrogen-bond donors (Lipinski definition) is 2. The quantitative estimate of drug-likeness (QED) is 0.575. The van der Waals surface area contributed by atoms with Crippen LogP contribution in [0.15, 0.2) is 23.9 Å². The molecule has 2 unspecified atom stereocenters. The van der Waals surface area contributed by atoms with Crippen molar-refractivity contribution in [3.63, 3.8) is 0 Å². The fourth-order valence-electron chi connectivity index (χ4n) is 1.73. The van der Waals surface area contributed by atoms with E-state index in [1.807, 2.05) is 0 Å². The third kappa shape index (κ3) is 3.72. The van der Waals surface area contributed by atoms with Gasteiger partial charge in [0, 0.05) is 17.7 Å². The predicted octanol–water partition coefficient (Wildman–Crippen LogP) is -1.60. The normalized spacial score (nSPS) is 24.9. The molecule has 0 aromatic rings. The van der Waals surface area contributed by atoms with Crippen LogP contribution in [0.2, 0.25) is 0 Å². The van der Waals surface area contributed by atoms with Crippen molar-refractivity contribution in [3.8, 4) is 0 Å². The number of aliphatic carboxylic acids is 1. The first-order valence-electron chi connectivity index (χ1n) is 5.03. The van der Waals surface area contributed by atoms with Gasteiger partial charge >= 0.3 is 12.0 Å². The van der Waals surface area contributed by atoms with Crippen LogP contribution in [0, 0.1) is 0 Å². The van der Waals surface area contributed by atoms with Crippen LogP contribution in [0.25, 0.3) is 0 Å². The number of amides is 2. The highest BCUT2D eigenvalue weighted by Gasteiger charge is 2.39. The lowest BCUT2D eigenvalue weighted by Gasteiger charge is -2.42. The van der Waals surface area contributed by atoms with Gasteiger partial charge in [0.1, 0.15) is 0 Å². The molecule has 20 heavy (non-hydrogen) atoms. The SMILES string of the molecule is NC(=O)N1C=C(C(=O)O)C=CC1(CS(=O)[O-])CS(=O)[O-]. The lowest BCUT2D eigenvalue weighted by atomic mass is 9.97. The Hall–Kier alpha value is -1.56. The molecule has 0 aromatic heterocycles. The molecule has 0 bridgehead atoms. The lowest BCUT2D eigenvalue weighted by molar-refractivity contribution is -0.132. The summed E-state index contributed by atoms with van der Waals surface area (Å²) in [6.45, 7) is 0. The van der Waals surface area contributed by atoms with Crippen molar-refractivity contribution in [2.24, 2.45) is 5.73 Å². The molecule has 9 nitrogen and oxygen atoms in total. The van der Waals surface area contributed by atoms with Crippen LogP contribution in [0.5, 0.6) is 0 Å². The molecule has 0 spiro atoms. The minimum absolute atomic E-state index is 0.326. The molecule has 112 valence electrons. The van der Waals surface area contributed by atoms with Gasteiger partial charge in [-0.2, -0.15) is 0 Å². The Morgan fingerprint density at radius 2 is 1.80 bits per heavy atom. The summed E-state index contributed by atoms with van der Waals surface area (Å²) < 4.78 is 43.5. The number of primary amides is 1. The first kappa shape index (κ1) is 16.5. The van der Waals surface area contributed by atoms with E-state index in [2.05, 4.69) is 0 Å². The van der Waals surface area contributed by atoms with E-state index in [1.54, 1.807) is 0 Å². The van der Waals surface area contributed by atoms with Crippen LogP contribution < -0.4 is 5.73 Å². The molecule has 1 rings (SSSR count). The molecular weight excluding hydrogens is 312 g/mol. The number of rotatable bonds is 5. The Labute approximate surface area is 118 Å². The molecule has 2 atom stereocenters. The standard InChI is InChI=1S/C9H12N2O7S2/c10-8(14)11-3-6(7(12)13)1-2-9(11,4-19(15)16)5-20(17)18/h1-3H,4-5H2,(H2,10,14)(H,12,13)(H,15,16)(H,17,18)/p-2. The monoisotopic (exact) mass is 322 g/mol. The number of carbonyl (C=O) groups excluding carboxylic acids is 1. The van der Waals surface area contributed by atoms with Gasteiger partial charge in [-0.25, -0.2) is 9.59 Å². The summed E-state index contributed by atoms with van der Waals surface area (Å²) in [5, 5.41) is 8.83. The molecule has 11 heteroatoms. The van der Waals surface area contributed by atoms with Crippen molar-refractivity contribution >= 4 is 34.2 Å². The van der Waals surface area contributed by atoms with Gasteiger partial charge in [-0.3, -0.25) is 13.3 Å². The number of hydrogen-bond acceptors (Lipinski definition) is 6. The highest BCUT2D eigenvalue weighted by Crippen LogP contribution is 2.26. The second-order valence-electron chi connectivity index (χ2n) is 3.93. The number of carboxylic acid groups (broad SMARTS) is 1. The number of urea groups is 1. The molecule has 0 aliphatic carbocycles. The molecule has 1 heterocycles. The molecule has 0 saturated heterocycles. The number of nitrogens with two attached hydrogens (primary N) is 1. The summed E-state index contributed by atoms with van der Waals surface area (Å²) in [4.78, 5) is 22.8. The summed E-state index contributed by atoms with van der Waals surface area (Å²) in [7, 11) is 0. The maximum Gasteiger partial charge on any atom is 0.337 e. The summed E-state index contributed by atoms with van der Waals surface area (Å²) in [5.74, 6) is -2.83. The van der Waals surface area contributed by atoms with Gasteiger partial charge in [-0.1, -0.05) is 28.2 Å². The molecule has 0 fully saturated rings. The fraction of sp³-hybridized carbons (Fsp3) is 0.333. The number of carboxylic acids is 1. The zero-order valence-electron chi connectivity index (χ0n) is 9.88. The maximum absolute atomic E-state index is 11.4. The van der Waals surface area contributed by atoms with Gasteiger partial charge in [-0.05, 0) is 6.08 Å². The summed E-state index contributed by atoms with van der Waals surface area (Å²) >= 11 is -5.36. The Kier molecular flexibility index (Phi) is 5.16. The second kappa shape index (κ2) is 6.26. The van der Waals surface area contributed by atoms with E-state index in [4.69, 9.17) is 10.8 Å². The van der Waals surface area contributed by atoms with Gasteiger partial charge in [0.25, 0.3) is 0 Å². The molecule has 0 saturated carbocycles. The topological polar surface area (TPSA) is 164 Å². The Bertz CT molecular complexity index is 526. The predicted molar refractivity (Wildman–Crippen MR) is 66.6 cm³/mol. The molecule has 3 N–H and O–H groups in total. The number of carbonyl (C=O) groups is 2. The van der Waals surface area contributed by atoms with Crippen LogP contribution in [0.3, 0.4) is 0 Å². The van der Waals surface area contributed by atoms with Crippen LogP contribution in [-0.4, -0.2) is 56.6 Å². The van der Waals surface area contributed by atoms with Gasteiger partial charge < -0.3 is 19.9 Å². The highest BCUT2D eigenvalue weighted by atomic mass is 32.2. The minimum atomic E-state index is -2.68. The zero-order chi connectivity index (χ0) is 15.5. The zero-order valence-corrected chi connectivity index (χ0v) is 11.5. The highest BCUT2D eigenvalue weighted by molar-refractivity contribution is 7.80. The van der Waals surface area contributed by atoms with Crippen molar-refractivity contribution in [2.75, 3.05) is 11.5 Å². The minimum Gasteiger partial charge on any atom is -0.772 e. The Morgan fingerprint density at radius 3 is 2.15 bits per heavy atom. The van der Waals surface area contributed by atoms with E-state index in [1.165, 1.54) is 0 Å². The van der Waals surface area contributed by atoms with Gasteiger partial charge in [0.2, 0.25) is 0 Å². The average molecular weight is 322 g/mol. The van der Waals surface area contributed by atoms with Crippen LogP contribution in [0.4, 0.5) is 4.79 Å². The van der Waals surface area contributed by atoms with Crippen molar-refractivity contribution in [3.05, 3.63) is 23.9 Å². The lowest BCUT2D eigenvalue weighted by Crippen LogP contribution is -2.57. The first-order valence-corrected chi connectivity index (χ1v) is 7.51. The number of nitrogens with zero attached hydrogens (tertiary/aromatic N) is 1. The Balaban J connectivity index is 3.31. The largest absolute Gasteiger partial charge is 0.772 e. The molecule has 0 radical (unpaired) electrons. The van der Waals surface area contributed by atoms with Crippen molar-refractivity contribution in [1.29, 1.82) is 0 Å². The molecule has 1 aliphatic heterocycles.